The minimum atomic E-state index is -0.544. The second-order valence-electron chi connectivity index (χ2n) is 8.78. The fourth-order valence-corrected chi connectivity index (χ4v) is 4.27. The fourth-order valence-electron chi connectivity index (χ4n) is 4.27. The zero-order chi connectivity index (χ0) is 26.6. The lowest BCUT2D eigenvalue weighted by atomic mass is 10.1. The quantitative estimate of drug-likeness (QED) is 0.254. The van der Waals surface area contributed by atoms with Crippen LogP contribution in [-0.2, 0) is 9.53 Å². The van der Waals surface area contributed by atoms with Gasteiger partial charge in [-0.3, -0.25) is 29.4 Å². The van der Waals surface area contributed by atoms with Crippen molar-refractivity contribution in [1.29, 1.82) is 0 Å². The van der Waals surface area contributed by atoms with E-state index < -0.39 is 10.8 Å². The zero-order valence-corrected chi connectivity index (χ0v) is 20.1. The van der Waals surface area contributed by atoms with Crippen molar-refractivity contribution in [1.82, 2.24) is 4.90 Å². The summed E-state index contributed by atoms with van der Waals surface area (Å²) in [5, 5.41) is 13.5. The Balaban J connectivity index is 1.16. The first-order chi connectivity index (χ1) is 18.4. The number of hydrogen-bond donors (Lipinski definition) is 1. The van der Waals surface area contributed by atoms with Crippen LogP contribution < -0.4 is 14.8 Å². The Kier molecular flexibility index (Phi) is 7.00. The molecule has 3 amide bonds. The lowest BCUT2D eigenvalue weighted by molar-refractivity contribution is -0.384. The molecule has 0 bridgehead atoms. The van der Waals surface area contributed by atoms with Crippen LogP contribution in [0, 0.1) is 10.1 Å². The number of amides is 3. The highest BCUT2D eigenvalue weighted by Gasteiger charge is 2.37. The maximum atomic E-state index is 12.9. The molecule has 3 aromatic carbocycles. The van der Waals surface area contributed by atoms with Crippen LogP contribution in [0.5, 0.6) is 17.2 Å². The fraction of sp³-hybridized carbons (Fsp3) is 0.222. The van der Waals surface area contributed by atoms with E-state index in [4.69, 9.17) is 14.2 Å². The third kappa shape index (κ3) is 5.47. The van der Waals surface area contributed by atoms with E-state index in [1.165, 1.54) is 29.2 Å². The number of nitro benzene ring substituents is 1. The molecular weight excluding hydrogens is 494 g/mol. The third-order valence-corrected chi connectivity index (χ3v) is 6.12. The number of carbonyl (C=O) groups is 3. The Morgan fingerprint density at radius 1 is 1.00 bits per heavy atom. The number of nitro groups is 1. The SMILES string of the molecule is O=C(COc1cccc([N+](=O)[O-])c1)Nc1ccc(Oc2ccc3c(c2)C(=O)N(CC2CCCO2)C3=O)cc1. The Bertz CT molecular complexity index is 1400. The van der Waals surface area contributed by atoms with Gasteiger partial charge in [-0.1, -0.05) is 6.07 Å². The van der Waals surface area contributed by atoms with Crippen LogP contribution in [-0.4, -0.2) is 53.4 Å². The van der Waals surface area contributed by atoms with Crippen LogP contribution >= 0.6 is 0 Å². The number of nitrogens with zero attached hydrogens (tertiary/aromatic N) is 2. The van der Waals surface area contributed by atoms with Crippen molar-refractivity contribution in [3.8, 4) is 17.2 Å². The predicted octanol–water partition coefficient (Wildman–Crippen LogP) is 4.18. The Labute approximate surface area is 217 Å². The Hall–Kier alpha value is -4.77. The summed E-state index contributed by atoms with van der Waals surface area (Å²) < 4.78 is 16.7. The van der Waals surface area contributed by atoms with Crippen LogP contribution in [0.4, 0.5) is 11.4 Å². The van der Waals surface area contributed by atoms with Crippen molar-refractivity contribution in [2.75, 3.05) is 25.1 Å². The standard InChI is InChI=1S/C27H23N3O8/c31-25(16-37-20-4-1-3-18(13-20)30(34)35)28-17-6-8-19(9-7-17)38-21-10-11-23-24(14-21)27(33)29(26(23)32)15-22-5-2-12-36-22/h1,3-4,6-11,13-14,22H,2,5,12,15-16H2,(H,28,31). The summed E-state index contributed by atoms with van der Waals surface area (Å²) in [5.74, 6) is -0.0742. The first-order valence-corrected chi connectivity index (χ1v) is 11.9. The van der Waals surface area contributed by atoms with E-state index in [0.29, 0.717) is 29.4 Å². The molecule has 1 unspecified atom stereocenters. The summed E-state index contributed by atoms with van der Waals surface area (Å²) in [6.45, 7) is 0.555. The van der Waals surface area contributed by atoms with Crippen LogP contribution in [0.3, 0.4) is 0 Å². The largest absolute Gasteiger partial charge is 0.484 e. The van der Waals surface area contributed by atoms with E-state index in [0.717, 1.165) is 12.8 Å². The monoisotopic (exact) mass is 517 g/mol. The summed E-state index contributed by atoms with van der Waals surface area (Å²) >= 11 is 0. The number of imide groups is 1. The minimum Gasteiger partial charge on any atom is -0.484 e. The number of hydrogen-bond acceptors (Lipinski definition) is 8. The maximum absolute atomic E-state index is 12.9. The summed E-state index contributed by atoms with van der Waals surface area (Å²) in [6, 6.07) is 16.9. The highest BCUT2D eigenvalue weighted by atomic mass is 16.6. The topological polar surface area (TPSA) is 137 Å². The van der Waals surface area contributed by atoms with Crippen molar-refractivity contribution in [3.63, 3.8) is 0 Å². The number of ether oxygens (including phenoxy) is 3. The van der Waals surface area contributed by atoms with Gasteiger partial charge in [0.05, 0.1) is 34.8 Å². The van der Waals surface area contributed by atoms with E-state index in [-0.39, 0.29) is 48.1 Å². The van der Waals surface area contributed by atoms with Gasteiger partial charge in [-0.25, -0.2) is 0 Å². The lowest BCUT2D eigenvalue weighted by Gasteiger charge is -2.17. The highest BCUT2D eigenvalue weighted by molar-refractivity contribution is 6.21. The number of nitrogens with one attached hydrogen (secondary N) is 1. The smallest absolute Gasteiger partial charge is 0.273 e. The van der Waals surface area contributed by atoms with Crippen molar-refractivity contribution in [2.24, 2.45) is 0 Å². The van der Waals surface area contributed by atoms with Gasteiger partial charge < -0.3 is 19.5 Å². The van der Waals surface area contributed by atoms with Crippen LogP contribution in [0.2, 0.25) is 0 Å². The molecule has 0 aliphatic carbocycles. The molecule has 11 nitrogen and oxygen atoms in total. The number of non-ortho nitro benzene ring substituents is 1. The number of carbonyl (C=O) groups excluding carboxylic acids is 3. The second-order valence-corrected chi connectivity index (χ2v) is 8.78. The van der Waals surface area contributed by atoms with Gasteiger partial charge in [0, 0.05) is 18.4 Å². The number of fused-ring (bicyclic) bond motifs is 1. The van der Waals surface area contributed by atoms with Crippen molar-refractivity contribution < 1.29 is 33.5 Å². The first kappa shape index (κ1) is 24.9. The normalized spacial score (nSPS) is 16.3. The van der Waals surface area contributed by atoms with Crippen LogP contribution in [0.15, 0.2) is 66.7 Å². The summed E-state index contributed by atoms with van der Waals surface area (Å²) in [7, 11) is 0. The average Bonchev–Trinajstić information content (AvgIpc) is 3.52. The molecule has 0 radical (unpaired) electrons. The van der Waals surface area contributed by atoms with Gasteiger partial charge in [0.15, 0.2) is 6.61 Å². The van der Waals surface area contributed by atoms with Gasteiger partial charge in [0.1, 0.15) is 17.2 Å². The molecule has 3 aromatic rings. The summed E-state index contributed by atoms with van der Waals surface area (Å²) in [4.78, 5) is 49.3. The maximum Gasteiger partial charge on any atom is 0.273 e. The molecule has 0 spiro atoms. The number of anilines is 1. The third-order valence-electron chi connectivity index (χ3n) is 6.12. The first-order valence-electron chi connectivity index (χ1n) is 11.9. The van der Waals surface area contributed by atoms with Gasteiger partial charge in [-0.2, -0.15) is 0 Å². The van der Waals surface area contributed by atoms with Gasteiger partial charge >= 0.3 is 0 Å². The van der Waals surface area contributed by atoms with Crippen LogP contribution in [0.25, 0.3) is 0 Å². The zero-order valence-electron chi connectivity index (χ0n) is 20.1. The summed E-state index contributed by atoms with van der Waals surface area (Å²) in [5.41, 5.74) is 0.988. The molecule has 2 aliphatic heterocycles. The van der Waals surface area contributed by atoms with Crippen molar-refractivity contribution >= 4 is 29.1 Å². The molecular formula is C27H23N3O8. The van der Waals surface area contributed by atoms with E-state index in [1.807, 2.05) is 0 Å². The molecule has 1 saturated heterocycles. The molecule has 1 fully saturated rings. The Morgan fingerprint density at radius 3 is 2.50 bits per heavy atom. The van der Waals surface area contributed by atoms with Crippen LogP contribution in [0.1, 0.15) is 33.6 Å². The minimum absolute atomic E-state index is 0.127. The van der Waals surface area contributed by atoms with Gasteiger partial charge in [0.25, 0.3) is 23.4 Å². The van der Waals surface area contributed by atoms with Gasteiger partial charge in [-0.15, -0.1) is 0 Å². The molecule has 1 N–H and O–H groups in total. The molecule has 1 atom stereocenters. The van der Waals surface area contributed by atoms with E-state index in [9.17, 15) is 24.5 Å². The molecule has 194 valence electrons. The second kappa shape index (κ2) is 10.7. The molecule has 11 heteroatoms. The molecule has 38 heavy (non-hydrogen) atoms. The molecule has 2 heterocycles. The van der Waals surface area contributed by atoms with E-state index in [1.54, 1.807) is 42.5 Å². The number of rotatable bonds is 9. The van der Waals surface area contributed by atoms with Crippen molar-refractivity contribution in [2.45, 2.75) is 18.9 Å². The summed E-state index contributed by atoms with van der Waals surface area (Å²) in [6.07, 6.45) is 1.62. The molecule has 2 aliphatic rings. The molecule has 0 aromatic heterocycles. The van der Waals surface area contributed by atoms with Crippen molar-refractivity contribution in [3.05, 3.63) is 88.0 Å². The molecule has 0 saturated carbocycles. The lowest BCUT2D eigenvalue weighted by Crippen LogP contribution is -2.36. The van der Waals surface area contributed by atoms with E-state index in [2.05, 4.69) is 5.32 Å². The van der Waals surface area contributed by atoms with E-state index >= 15 is 0 Å². The number of benzene rings is 3. The molecule has 5 rings (SSSR count). The predicted molar refractivity (Wildman–Crippen MR) is 135 cm³/mol. The van der Waals surface area contributed by atoms with Gasteiger partial charge in [-0.05, 0) is 61.4 Å². The highest BCUT2D eigenvalue weighted by Crippen LogP contribution is 2.31. The average molecular weight is 517 g/mol. The Morgan fingerprint density at radius 2 is 1.76 bits per heavy atom. The van der Waals surface area contributed by atoms with Gasteiger partial charge in [0.2, 0.25) is 0 Å².